The van der Waals surface area contributed by atoms with Gasteiger partial charge in [0.2, 0.25) is 6.29 Å². The molecule has 0 aliphatic carbocycles. The third-order valence-corrected chi connectivity index (χ3v) is 12.0. The van der Waals surface area contributed by atoms with E-state index in [2.05, 4.69) is 34.6 Å². The summed E-state index contributed by atoms with van der Waals surface area (Å²) >= 11 is 0. The van der Waals surface area contributed by atoms with Crippen LogP contribution in [-0.2, 0) is 20.6 Å². The van der Waals surface area contributed by atoms with E-state index >= 15 is 0 Å². The maximum absolute atomic E-state index is 11.2. The predicted molar refractivity (Wildman–Crippen MR) is 200 cm³/mol. The molecule has 7 N–H and O–H groups in total. The lowest BCUT2D eigenvalue weighted by Crippen LogP contribution is -2.65. The van der Waals surface area contributed by atoms with Gasteiger partial charge in [-0.1, -0.05) is 72.6 Å². The number of hydrogen-bond donors (Lipinski definition) is 7. The average molecular weight is 755 g/mol. The van der Waals surface area contributed by atoms with Crippen LogP contribution >= 0.6 is 0 Å². The monoisotopic (exact) mass is 754 g/mol. The molecular weight excluding hydrogens is 684 g/mol. The van der Waals surface area contributed by atoms with E-state index in [-0.39, 0.29) is 5.60 Å². The highest BCUT2D eigenvalue weighted by Crippen LogP contribution is 2.46. The summed E-state index contributed by atoms with van der Waals surface area (Å²) in [5, 5.41) is 72.7. The normalized spacial score (nSPS) is 34.4. The van der Waals surface area contributed by atoms with Gasteiger partial charge >= 0.3 is 0 Å². The molecule has 2 fully saturated rings. The standard InChI is InChI=1S/C41H70O12/c1-22(2)12-9-13-23(3)14-10-15-24(4)16-11-18-41(8)19-17-28-27(7)36(25(5)26(6)37(28)53-41)51-40-35(48)33(46)38(30(21-43)50-40)52-39-34(47)32(45)31(44)29(20-42)49-39/h22-24,29-35,38-40,42-48H,9-21H2,1-8H3/t23-,24-,29+,30+,31+,32-,33+,34+,35+,38+,39+,40-,41-/m0/s1. The third kappa shape index (κ3) is 10.8. The van der Waals surface area contributed by atoms with Crippen LogP contribution in [0.25, 0.3) is 0 Å². The number of rotatable bonds is 18. The molecule has 306 valence electrons. The largest absolute Gasteiger partial charge is 0.487 e. The lowest BCUT2D eigenvalue weighted by molar-refractivity contribution is -0.352. The fourth-order valence-electron chi connectivity index (χ4n) is 8.21. The van der Waals surface area contributed by atoms with E-state index in [1.165, 1.54) is 44.9 Å². The number of benzene rings is 1. The van der Waals surface area contributed by atoms with Crippen molar-refractivity contribution in [3.8, 4) is 11.5 Å². The summed E-state index contributed by atoms with van der Waals surface area (Å²) in [6.07, 6.45) is -2.36. The molecule has 53 heavy (non-hydrogen) atoms. The minimum absolute atomic E-state index is 0.277. The SMILES string of the molecule is Cc1c(C)c2c(c(C)c1O[C@@H]1O[C@H](CO)[C@@H](O[C@H]3O[C@H](CO)[C@@H](O)[C@H](O)[C@H]3O)[C@H](O)[C@H]1O)CC[C@](C)(CCC[C@@H](C)CCC[C@@H](C)CCCC(C)C)O2. The van der Waals surface area contributed by atoms with Crippen LogP contribution in [-0.4, -0.2) is 116 Å². The van der Waals surface area contributed by atoms with Crippen molar-refractivity contribution >= 4 is 0 Å². The molecule has 0 bridgehead atoms. The second-order valence-corrected chi connectivity index (χ2v) is 17.0. The summed E-state index contributed by atoms with van der Waals surface area (Å²) in [6.45, 7) is 16.1. The van der Waals surface area contributed by atoms with E-state index in [4.69, 9.17) is 23.7 Å². The van der Waals surface area contributed by atoms with E-state index in [0.717, 1.165) is 65.5 Å². The Labute approximate surface area is 316 Å². The Morgan fingerprint density at radius 2 is 1.25 bits per heavy atom. The maximum Gasteiger partial charge on any atom is 0.229 e. The molecule has 12 nitrogen and oxygen atoms in total. The second-order valence-electron chi connectivity index (χ2n) is 17.0. The zero-order valence-corrected chi connectivity index (χ0v) is 33.4. The molecule has 3 heterocycles. The van der Waals surface area contributed by atoms with Crippen LogP contribution in [0.15, 0.2) is 0 Å². The van der Waals surface area contributed by atoms with Gasteiger partial charge in [0.15, 0.2) is 6.29 Å². The molecular formula is C41H70O12. The Morgan fingerprint density at radius 1 is 0.679 bits per heavy atom. The summed E-state index contributed by atoms with van der Waals surface area (Å²) in [5.74, 6) is 3.66. The van der Waals surface area contributed by atoms with Gasteiger partial charge in [0, 0.05) is 5.56 Å². The number of ether oxygens (including phenoxy) is 5. The number of hydrogen-bond acceptors (Lipinski definition) is 12. The topological polar surface area (TPSA) is 188 Å². The van der Waals surface area contributed by atoms with Crippen molar-refractivity contribution in [3.63, 3.8) is 0 Å². The molecule has 12 heteroatoms. The van der Waals surface area contributed by atoms with Gasteiger partial charge in [-0.05, 0) is 87.8 Å². The molecule has 13 atom stereocenters. The maximum atomic E-state index is 11.2. The lowest BCUT2D eigenvalue weighted by Gasteiger charge is -2.46. The number of fused-ring (bicyclic) bond motifs is 1. The van der Waals surface area contributed by atoms with Gasteiger partial charge in [0.1, 0.15) is 65.9 Å². The van der Waals surface area contributed by atoms with E-state index in [9.17, 15) is 35.7 Å². The minimum atomic E-state index is -1.74. The fourth-order valence-corrected chi connectivity index (χ4v) is 8.21. The van der Waals surface area contributed by atoms with Gasteiger partial charge in [-0.3, -0.25) is 0 Å². The zero-order valence-electron chi connectivity index (χ0n) is 33.4. The highest BCUT2D eigenvalue weighted by atomic mass is 16.7. The van der Waals surface area contributed by atoms with Gasteiger partial charge in [0.05, 0.1) is 13.2 Å². The Bertz CT molecular complexity index is 1290. The van der Waals surface area contributed by atoms with Gasteiger partial charge in [-0.25, -0.2) is 0 Å². The van der Waals surface area contributed by atoms with Gasteiger partial charge < -0.3 is 59.4 Å². The molecule has 0 radical (unpaired) electrons. The summed E-state index contributed by atoms with van der Waals surface area (Å²) in [7, 11) is 0. The molecule has 0 aromatic heterocycles. The summed E-state index contributed by atoms with van der Waals surface area (Å²) in [4.78, 5) is 0. The highest BCUT2D eigenvalue weighted by molar-refractivity contribution is 5.59. The van der Waals surface area contributed by atoms with Gasteiger partial charge in [-0.15, -0.1) is 0 Å². The van der Waals surface area contributed by atoms with Crippen molar-refractivity contribution in [2.45, 2.75) is 193 Å². The summed E-state index contributed by atoms with van der Waals surface area (Å²) in [5.41, 5.74) is 3.34. The Balaban J connectivity index is 1.35. The first-order valence-corrected chi connectivity index (χ1v) is 20.1. The zero-order chi connectivity index (χ0) is 39.2. The quantitative estimate of drug-likeness (QED) is 0.114. The van der Waals surface area contributed by atoms with Gasteiger partial charge in [-0.2, -0.15) is 0 Å². The first-order valence-electron chi connectivity index (χ1n) is 20.1. The van der Waals surface area contributed by atoms with Crippen molar-refractivity contribution in [3.05, 3.63) is 22.3 Å². The van der Waals surface area contributed by atoms with Crippen LogP contribution < -0.4 is 9.47 Å². The van der Waals surface area contributed by atoms with Crippen molar-refractivity contribution in [2.75, 3.05) is 13.2 Å². The van der Waals surface area contributed by atoms with Crippen LogP contribution in [0.3, 0.4) is 0 Å². The Hall–Kier alpha value is -1.58. The molecule has 0 spiro atoms. The highest BCUT2D eigenvalue weighted by Gasteiger charge is 2.51. The van der Waals surface area contributed by atoms with Crippen molar-refractivity contribution in [2.24, 2.45) is 17.8 Å². The molecule has 3 aliphatic rings. The predicted octanol–water partition coefficient (Wildman–Crippen LogP) is 4.14. The van der Waals surface area contributed by atoms with Crippen molar-refractivity contribution < 1.29 is 59.4 Å². The number of aliphatic hydroxyl groups excluding tert-OH is 7. The van der Waals surface area contributed by atoms with Crippen molar-refractivity contribution in [1.29, 1.82) is 0 Å². The van der Waals surface area contributed by atoms with Crippen molar-refractivity contribution in [1.82, 2.24) is 0 Å². The Morgan fingerprint density at radius 3 is 1.85 bits per heavy atom. The average Bonchev–Trinajstić information content (AvgIpc) is 3.11. The molecule has 1 aromatic rings. The number of aliphatic hydroxyl groups is 7. The molecule has 1 aromatic carbocycles. The van der Waals surface area contributed by atoms with Crippen LogP contribution in [0.1, 0.15) is 121 Å². The summed E-state index contributed by atoms with van der Waals surface area (Å²) < 4.78 is 30.1. The van der Waals surface area contributed by atoms with Gasteiger partial charge in [0.25, 0.3) is 0 Å². The molecule has 2 saturated heterocycles. The first-order chi connectivity index (χ1) is 25.0. The first kappa shape index (κ1) is 44.1. The molecule has 0 unspecified atom stereocenters. The minimum Gasteiger partial charge on any atom is -0.487 e. The molecule has 4 rings (SSSR count). The molecule has 3 aliphatic heterocycles. The van der Waals surface area contributed by atoms with Crippen LogP contribution in [0.5, 0.6) is 11.5 Å². The van der Waals surface area contributed by atoms with Crippen LogP contribution in [0.4, 0.5) is 0 Å². The Kier molecular flexibility index (Phi) is 16.3. The third-order valence-electron chi connectivity index (χ3n) is 12.0. The smallest absolute Gasteiger partial charge is 0.229 e. The second kappa shape index (κ2) is 19.5. The molecule has 0 amide bonds. The fraction of sp³-hybridized carbons (Fsp3) is 0.854. The summed E-state index contributed by atoms with van der Waals surface area (Å²) in [6, 6.07) is 0. The lowest BCUT2D eigenvalue weighted by atomic mass is 9.83. The van der Waals surface area contributed by atoms with E-state index in [1.807, 2.05) is 20.8 Å². The van der Waals surface area contributed by atoms with Crippen LogP contribution in [0.2, 0.25) is 0 Å². The van der Waals surface area contributed by atoms with Crippen LogP contribution in [0, 0.1) is 38.5 Å². The molecule has 0 saturated carbocycles. The van der Waals surface area contributed by atoms with E-state index in [0.29, 0.717) is 11.7 Å². The van der Waals surface area contributed by atoms with E-state index < -0.39 is 74.6 Å². The van der Waals surface area contributed by atoms with E-state index in [1.54, 1.807) is 0 Å².